The second kappa shape index (κ2) is 10.6. The lowest BCUT2D eigenvalue weighted by atomic mass is 9.79. The highest BCUT2D eigenvalue weighted by Crippen LogP contribution is 2.37. The number of carbonyl (C=O) groups is 1. The summed E-state index contributed by atoms with van der Waals surface area (Å²) < 4.78 is 17.5. The van der Waals surface area contributed by atoms with Gasteiger partial charge in [0.05, 0.1) is 31.4 Å². The normalized spacial score (nSPS) is 19.6. The maximum atomic E-state index is 13.0. The number of halogens is 1. The Morgan fingerprint density at radius 1 is 1.24 bits per heavy atom. The minimum Gasteiger partial charge on any atom is -0.493 e. The van der Waals surface area contributed by atoms with E-state index in [2.05, 4.69) is 33.1 Å². The van der Waals surface area contributed by atoms with Gasteiger partial charge < -0.3 is 19.5 Å². The molecule has 1 aromatic rings. The number of carbonyl (C=O) groups excluding carboxylic acids is 1. The molecule has 29 heavy (non-hydrogen) atoms. The van der Waals surface area contributed by atoms with E-state index in [0.717, 1.165) is 50.0 Å². The van der Waals surface area contributed by atoms with Crippen LogP contribution in [0.2, 0.25) is 0 Å². The van der Waals surface area contributed by atoms with Gasteiger partial charge in [-0.25, -0.2) is 0 Å². The molecule has 7 heteroatoms. The third-order valence-corrected chi connectivity index (χ3v) is 6.58. The van der Waals surface area contributed by atoms with Crippen molar-refractivity contribution >= 4 is 21.8 Å². The number of morpholine rings is 1. The predicted octanol–water partition coefficient (Wildman–Crippen LogP) is 4.01. The molecule has 0 bridgehead atoms. The van der Waals surface area contributed by atoms with E-state index in [-0.39, 0.29) is 11.4 Å². The third kappa shape index (κ3) is 5.44. The van der Waals surface area contributed by atoms with Gasteiger partial charge in [0.1, 0.15) is 0 Å². The highest BCUT2D eigenvalue weighted by atomic mass is 79.9. The van der Waals surface area contributed by atoms with Crippen LogP contribution in [0.25, 0.3) is 0 Å². The van der Waals surface area contributed by atoms with Crippen LogP contribution >= 0.6 is 15.9 Å². The summed E-state index contributed by atoms with van der Waals surface area (Å²) >= 11 is 3.53. The average Bonchev–Trinajstić information content (AvgIpc) is 2.77. The minimum atomic E-state index is -0.0794. The molecule has 1 aliphatic carbocycles. The molecule has 0 atom stereocenters. The summed E-state index contributed by atoms with van der Waals surface area (Å²) in [6.45, 7) is 6.76. The highest BCUT2D eigenvalue weighted by molar-refractivity contribution is 9.10. The van der Waals surface area contributed by atoms with Crippen LogP contribution in [-0.4, -0.2) is 62.9 Å². The fourth-order valence-electron chi connectivity index (χ4n) is 4.39. The number of hydrogen-bond donors (Lipinski definition) is 1. The number of nitrogens with one attached hydrogen (secondary N) is 1. The van der Waals surface area contributed by atoms with Crippen LogP contribution in [0.1, 0.15) is 55.8 Å². The first kappa shape index (κ1) is 22.4. The lowest BCUT2D eigenvalue weighted by Crippen LogP contribution is -2.59. The summed E-state index contributed by atoms with van der Waals surface area (Å²) in [5.74, 6) is 1.13. The molecule has 6 nitrogen and oxygen atoms in total. The van der Waals surface area contributed by atoms with Crippen molar-refractivity contribution in [3.8, 4) is 11.5 Å². The summed E-state index contributed by atoms with van der Waals surface area (Å²) in [7, 11) is 1.59. The smallest absolute Gasteiger partial charge is 0.251 e. The lowest BCUT2D eigenvalue weighted by Gasteiger charge is -2.48. The number of amides is 1. The Morgan fingerprint density at radius 2 is 1.97 bits per heavy atom. The molecule has 162 valence electrons. The Labute approximate surface area is 182 Å². The fourth-order valence-corrected chi connectivity index (χ4v) is 4.95. The van der Waals surface area contributed by atoms with E-state index >= 15 is 0 Å². The quantitative estimate of drug-likeness (QED) is 0.624. The molecule has 2 fully saturated rings. The molecule has 3 rings (SSSR count). The number of ether oxygens (including phenoxy) is 3. The van der Waals surface area contributed by atoms with Crippen LogP contribution in [0.15, 0.2) is 16.6 Å². The maximum absolute atomic E-state index is 13.0. The topological polar surface area (TPSA) is 60.0 Å². The van der Waals surface area contributed by atoms with Crippen LogP contribution in [0, 0.1) is 0 Å². The summed E-state index contributed by atoms with van der Waals surface area (Å²) in [5, 5.41) is 3.21. The van der Waals surface area contributed by atoms with Gasteiger partial charge in [0.25, 0.3) is 5.91 Å². The molecule has 1 aliphatic heterocycles. The standard InChI is InChI=1S/C22H33BrN2O4/c1-3-11-29-20-18(23)14-17(15-19(20)27-2)21(26)24-16-22(7-5-4-6-8-22)25-9-12-28-13-10-25/h14-15H,3-13,16H2,1-2H3,(H,24,26). The van der Waals surface area contributed by atoms with E-state index in [0.29, 0.717) is 30.2 Å². The SMILES string of the molecule is CCCOc1c(Br)cc(C(=O)NCC2(N3CCOCC3)CCCCC2)cc1OC. The Hall–Kier alpha value is -1.31. The fraction of sp³-hybridized carbons (Fsp3) is 0.682. The van der Waals surface area contributed by atoms with Crippen molar-refractivity contribution in [2.45, 2.75) is 51.0 Å². The highest BCUT2D eigenvalue weighted by Gasteiger charge is 2.38. The molecule has 0 unspecified atom stereocenters. The summed E-state index contributed by atoms with van der Waals surface area (Å²) in [4.78, 5) is 15.5. The Balaban J connectivity index is 1.72. The van der Waals surface area contributed by atoms with Crippen molar-refractivity contribution in [2.75, 3.05) is 46.6 Å². The number of benzene rings is 1. The zero-order valence-corrected chi connectivity index (χ0v) is 19.2. The van der Waals surface area contributed by atoms with Crippen LogP contribution in [0.5, 0.6) is 11.5 Å². The van der Waals surface area contributed by atoms with Crippen LogP contribution in [0.3, 0.4) is 0 Å². The Kier molecular flexibility index (Phi) is 8.21. The van der Waals surface area contributed by atoms with E-state index in [1.807, 2.05) is 6.07 Å². The second-order valence-electron chi connectivity index (χ2n) is 7.91. The maximum Gasteiger partial charge on any atom is 0.251 e. The molecule has 1 heterocycles. The van der Waals surface area contributed by atoms with E-state index in [1.165, 1.54) is 19.3 Å². The number of nitrogens with zero attached hydrogens (tertiary/aromatic N) is 1. The first-order chi connectivity index (χ1) is 14.1. The van der Waals surface area contributed by atoms with Gasteiger partial charge in [0, 0.05) is 30.7 Å². The second-order valence-corrected chi connectivity index (χ2v) is 8.76. The van der Waals surface area contributed by atoms with Crippen LogP contribution in [-0.2, 0) is 4.74 Å². The molecular weight excluding hydrogens is 436 g/mol. The summed E-state index contributed by atoms with van der Waals surface area (Å²) in [5.41, 5.74) is 0.619. The molecule has 1 saturated carbocycles. The van der Waals surface area contributed by atoms with Gasteiger partial charge in [-0.1, -0.05) is 26.2 Å². The molecule has 0 radical (unpaired) electrons. The third-order valence-electron chi connectivity index (χ3n) is 5.99. The van der Waals surface area contributed by atoms with E-state index in [1.54, 1.807) is 13.2 Å². The zero-order valence-electron chi connectivity index (χ0n) is 17.6. The summed E-state index contributed by atoms with van der Waals surface area (Å²) in [6.07, 6.45) is 6.88. The number of methoxy groups -OCH3 is 1. The average molecular weight is 469 g/mol. The molecule has 0 aromatic heterocycles. The van der Waals surface area contributed by atoms with Crippen molar-refractivity contribution in [3.05, 3.63) is 22.2 Å². The monoisotopic (exact) mass is 468 g/mol. The molecule has 1 amide bonds. The van der Waals surface area contributed by atoms with Gasteiger partial charge in [-0.15, -0.1) is 0 Å². The van der Waals surface area contributed by atoms with Gasteiger partial charge in [0.15, 0.2) is 11.5 Å². The first-order valence-corrected chi connectivity index (χ1v) is 11.5. The molecule has 1 aromatic carbocycles. The number of hydrogen-bond acceptors (Lipinski definition) is 5. The Morgan fingerprint density at radius 3 is 2.62 bits per heavy atom. The van der Waals surface area contributed by atoms with Gasteiger partial charge in [-0.3, -0.25) is 9.69 Å². The zero-order chi connectivity index (χ0) is 20.7. The van der Waals surface area contributed by atoms with Crippen molar-refractivity contribution in [1.82, 2.24) is 10.2 Å². The molecule has 1 N–H and O–H groups in total. The van der Waals surface area contributed by atoms with Crippen molar-refractivity contribution < 1.29 is 19.0 Å². The first-order valence-electron chi connectivity index (χ1n) is 10.7. The van der Waals surface area contributed by atoms with Gasteiger partial charge >= 0.3 is 0 Å². The number of rotatable bonds is 8. The summed E-state index contributed by atoms with van der Waals surface area (Å²) in [6, 6.07) is 3.57. The van der Waals surface area contributed by atoms with Crippen molar-refractivity contribution in [2.24, 2.45) is 0 Å². The van der Waals surface area contributed by atoms with Gasteiger partial charge in [0.2, 0.25) is 0 Å². The van der Waals surface area contributed by atoms with Crippen LogP contribution < -0.4 is 14.8 Å². The van der Waals surface area contributed by atoms with Crippen LogP contribution in [0.4, 0.5) is 0 Å². The van der Waals surface area contributed by atoms with Gasteiger partial charge in [-0.2, -0.15) is 0 Å². The Bertz CT molecular complexity index is 686. The van der Waals surface area contributed by atoms with E-state index in [9.17, 15) is 4.79 Å². The van der Waals surface area contributed by atoms with E-state index in [4.69, 9.17) is 14.2 Å². The van der Waals surface area contributed by atoms with E-state index < -0.39 is 0 Å². The lowest BCUT2D eigenvalue weighted by molar-refractivity contribution is -0.0361. The predicted molar refractivity (Wildman–Crippen MR) is 117 cm³/mol. The minimum absolute atomic E-state index is 0.0448. The molecule has 1 saturated heterocycles. The molecule has 0 spiro atoms. The van der Waals surface area contributed by atoms with Crippen molar-refractivity contribution in [1.29, 1.82) is 0 Å². The molecular formula is C22H33BrN2O4. The largest absolute Gasteiger partial charge is 0.493 e. The van der Waals surface area contributed by atoms with Crippen molar-refractivity contribution in [3.63, 3.8) is 0 Å². The molecule has 2 aliphatic rings. The van der Waals surface area contributed by atoms with Gasteiger partial charge in [-0.05, 0) is 47.3 Å².